The van der Waals surface area contributed by atoms with Gasteiger partial charge in [0, 0.05) is 31.3 Å². The minimum atomic E-state index is -0.0463. The summed E-state index contributed by atoms with van der Waals surface area (Å²) in [6.45, 7) is 10.8. The average Bonchev–Trinajstić information content (AvgIpc) is 3.12. The molecule has 1 fully saturated rings. The number of rotatable bonds is 8. The molecule has 0 spiro atoms. The molecule has 0 aliphatic carbocycles. The molecule has 4 nitrogen and oxygen atoms in total. The van der Waals surface area contributed by atoms with Crippen LogP contribution in [0.5, 0.6) is 0 Å². The van der Waals surface area contributed by atoms with Crippen LogP contribution in [0.2, 0.25) is 0 Å². The summed E-state index contributed by atoms with van der Waals surface area (Å²) < 4.78 is 8.14. The molecule has 3 atom stereocenters. The van der Waals surface area contributed by atoms with Crippen molar-refractivity contribution in [1.29, 1.82) is 0 Å². The first-order valence-corrected chi connectivity index (χ1v) is 8.50. The Morgan fingerprint density at radius 1 is 1.48 bits per heavy atom. The van der Waals surface area contributed by atoms with Gasteiger partial charge in [0.25, 0.3) is 0 Å². The highest BCUT2D eigenvalue weighted by atomic mass is 16.5. The maximum absolute atomic E-state index is 6.05. The standard InChI is InChI=1S/C17H31N3O/c1-5-10-18-16(17(4)9-7-12-21-17)13-15-8-11-20(19-15)14(3)6-2/h8,11,14,16,18H,5-7,9-10,12-13H2,1-4H3. The van der Waals surface area contributed by atoms with Gasteiger partial charge >= 0.3 is 0 Å². The largest absolute Gasteiger partial charge is 0.374 e. The second-order valence-corrected chi connectivity index (χ2v) is 6.52. The summed E-state index contributed by atoms with van der Waals surface area (Å²) in [5.41, 5.74) is 1.12. The van der Waals surface area contributed by atoms with Gasteiger partial charge in [-0.3, -0.25) is 4.68 Å². The van der Waals surface area contributed by atoms with E-state index in [1.807, 2.05) is 0 Å². The first-order valence-electron chi connectivity index (χ1n) is 8.50. The third-order valence-corrected chi connectivity index (χ3v) is 4.75. The molecule has 0 aromatic carbocycles. The molecule has 1 aliphatic rings. The van der Waals surface area contributed by atoms with Crippen molar-refractivity contribution in [2.75, 3.05) is 13.2 Å². The van der Waals surface area contributed by atoms with Crippen LogP contribution in [0.4, 0.5) is 0 Å². The van der Waals surface area contributed by atoms with E-state index >= 15 is 0 Å². The number of hydrogen-bond acceptors (Lipinski definition) is 3. The second-order valence-electron chi connectivity index (χ2n) is 6.52. The van der Waals surface area contributed by atoms with Crippen molar-refractivity contribution in [3.8, 4) is 0 Å². The summed E-state index contributed by atoms with van der Waals surface area (Å²) in [4.78, 5) is 0. The zero-order valence-corrected chi connectivity index (χ0v) is 14.1. The molecule has 1 aliphatic heterocycles. The average molecular weight is 293 g/mol. The number of nitrogens with one attached hydrogen (secondary N) is 1. The molecule has 21 heavy (non-hydrogen) atoms. The number of nitrogens with zero attached hydrogens (tertiary/aromatic N) is 2. The fraction of sp³-hybridized carbons (Fsp3) is 0.824. The van der Waals surface area contributed by atoms with Crippen LogP contribution >= 0.6 is 0 Å². The monoisotopic (exact) mass is 293 g/mol. The lowest BCUT2D eigenvalue weighted by molar-refractivity contribution is -0.0117. The van der Waals surface area contributed by atoms with E-state index in [4.69, 9.17) is 9.84 Å². The van der Waals surface area contributed by atoms with E-state index in [1.54, 1.807) is 0 Å². The van der Waals surface area contributed by atoms with Gasteiger partial charge in [-0.1, -0.05) is 13.8 Å². The SMILES string of the molecule is CCCNC(Cc1ccn(C(C)CC)n1)C1(C)CCCO1. The molecule has 1 saturated heterocycles. The van der Waals surface area contributed by atoms with Gasteiger partial charge in [0.1, 0.15) is 0 Å². The van der Waals surface area contributed by atoms with Gasteiger partial charge in [-0.25, -0.2) is 0 Å². The summed E-state index contributed by atoms with van der Waals surface area (Å²) in [5, 5.41) is 8.43. The normalized spacial score (nSPS) is 25.1. The summed E-state index contributed by atoms with van der Waals surface area (Å²) in [6.07, 6.45) is 7.62. The Labute approximate surface area is 129 Å². The van der Waals surface area contributed by atoms with Crippen LogP contribution in [-0.4, -0.2) is 34.6 Å². The van der Waals surface area contributed by atoms with E-state index in [1.165, 1.54) is 12.1 Å². The second kappa shape index (κ2) is 7.41. The van der Waals surface area contributed by atoms with E-state index in [2.05, 4.69) is 50.0 Å². The number of ether oxygens (including phenoxy) is 1. The van der Waals surface area contributed by atoms with Gasteiger partial charge in [0.2, 0.25) is 0 Å². The molecule has 1 aromatic rings. The van der Waals surface area contributed by atoms with E-state index < -0.39 is 0 Å². The molecule has 0 amide bonds. The summed E-state index contributed by atoms with van der Waals surface area (Å²) >= 11 is 0. The van der Waals surface area contributed by atoms with Gasteiger partial charge in [-0.05, 0) is 52.1 Å². The molecule has 3 unspecified atom stereocenters. The summed E-state index contributed by atoms with van der Waals surface area (Å²) in [6, 6.07) is 2.98. The maximum atomic E-state index is 6.05. The van der Waals surface area contributed by atoms with Gasteiger partial charge < -0.3 is 10.1 Å². The minimum absolute atomic E-state index is 0.0463. The third kappa shape index (κ3) is 4.07. The highest BCUT2D eigenvalue weighted by Crippen LogP contribution is 2.30. The molecule has 4 heteroatoms. The van der Waals surface area contributed by atoms with E-state index in [0.717, 1.165) is 38.8 Å². The van der Waals surface area contributed by atoms with Crippen LogP contribution in [-0.2, 0) is 11.2 Å². The van der Waals surface area contributed by atoms with Crippen molar-refractivity contribution in [2.24, 2.45) is 0 Å². The maximum Gasteiger partial charge on any atom is 0.0811 e. The zero-order chi connectivity index (χ0) is 15.3. The van der Waals surface area contributed by atoms with E-state index in [0.29, 0.717) is 12.1 Å². The van der Waals surface area contributed by atoms with Crippen LogP contribution in [0.15, 0.2) is 12.3 Å². The molecule has 1 N–H and O–H groups in total. The first-order chi connectivity index (χ1) is 10.1. The highest BCUT2D eigenvalue weighted by Gasteiger charge is 2.38. The van der Waals surface area contributed by atoms with Crippen molar-refractivity contribution in [3.63, 3.8) is 0 Å². The van der Waals surface area contributed by atoms with Crippen LogP contribution in [0.3, 0.4) is 0 Å². The Kier molecular flexibility index (Phi) is 5.82. The molecule has 2 rings (SSSR count). The Balaban J connectivity index is 2.05. The Bertz CT molecular complexity index is 423. The van der Waals surface area contributed by atoms with Crippen LogP contribution in [0, 0.1) is 0 Å². The highest BCUT2D eigenvalue weighted by molar-refractivity contribution is 5.06. The van der Waals surface area contributed by atoms with Crippen molar-refractivity contribution >= 4 is 0 Å². The van der Waals surface area contributed by atoms with E-state index in [-0.39, 0.29) is 5.60 Å². The Morgan fingerprint density at radius 3 is 2.90 bits per heavy atom. The molecule has 1 aromatic heterocycles. The predicted molar refractivity (Wildman–Crippen MR) is 86.6 cm³/mol. The van der Waals surface area contributed by atoms with Crippen molar-refractivity contribution in [1.82, 2.24) is 15.1 Å². The zero-order valence-electron chi connectivity index (χ0n) is 14.1. The topological polar surface area (TPSA) is 39.1 Å². The molecular weight excluding hydrogens is 262 g/mol. The van der Waals surface area contributed by atoms with Crippen LogP contribution in [0.25, 0.3) is 0 Å². The summed E-state index contributed by atoms with van der Waals surface area (Å²) in [7, 11) is 0. The van der Waals surface area contributed by atoms with Crippen molar-refractivity contribution < 1.29 is 4.74 Å². The van der Waals surface area contributed by atoms with Gasteiger partial charge in [-0.15, -0.1) is 0 Å². The number of hydrogen-bond donors (Lipinski definition) is 1. The third-order valence-electron chi connectivity index (χ3n) is 4.75. The molecule has 0 bridgehead atoms. The van der Waals surface area contributed by atoms with Gasteiger partial charge in [0.05, 0.1) is 11.3 Å². The molecular formula is C17H31N3O. The minimum Gasteiger partial charge on any atom is -0.374 e. The lowest BCUT2D eigenvalue weighted by atomic mass is 9.89. The fourth-order valence-corrected chi connectivity index (χ4v) is 3.03. The lowest BCUT2D eigenvalue weighted by Gasteiger charge is -2.34. The summed E-state index contributed by atoms with van der Waals surface area (Å²) in [5.74, 6) is 0. The van der Waals surface area contributed by atoms with Gasteiger partial charge in [0.15, 0.2) is 0 Å². The van der Waals surface area contributed by atoms with Crippen LogP contribution < -0.4 is 5.32 Å². The number of aromatic nitrogens is 2. The first kappa shape index (κ1) is 16.5. The molecule has 0 saturated carbocycles. The van der Waals surface area contributed by atoms with Crippen LogP contribution in [0.1, 0.15) is 65.1 Å². The Hall–Kier alpha value is -0.870. The predicted octanol–water partition coefficient (Wildman–Crippen LogP) is 3.33. The van der Waals surface area contributed by atoms with Crippen molar-refractivity contribution in [2.45, 2.75) is 77.5 Å². The smallest absolute Gasteiger partial charge is 0.0811 e. The Morgan fingerprint density at radius 2 is 2.29 bits per heavy atom. The molecule has 0 radical (unpaired) electrons. The quantitative estimate of drug-likeness (QED) is 0.799. The lowest BCUT2D eigenvalue weighted by Crippen LogP contribution is -2.50. The van der Waals surface area contributed by atoms with Crippen molar-refractivity contribution in [3.05, 3.63) is 18.0 Å². The molecule has 2 heterocycles. The fourth-order valence-electron chi connectivity index (χ4n) is 3.03. The van der Waals surface area contributed by atoms with E-state index in [9.17, 15) is 0 Å². The van der Waals surface area contributed by atoms with Gasteiger partial charge in [-0.2, -0.15) is 5.10 Å². The molecule has 120 valence electrons.